The fraction of sp³-hybridized carbons (Fsp3) is 0.583. The number of anilines is 1. The largest absolute Gasteiger partial charge is 0.480 e. The van der Waals surface area contributed by atoms with Gasteiger partial charge in [0, 0.05) is 18.9 Å². The van der Waals surface area contributed by atoms with E-state index in [4.69, 9.17) is 9.84 Å². The van der Waals surface area contributed by atoms with Crippen LogP contribution in [0.25, 0.3) is 0 Å². The van der Waals surface area contributed by atoms with Crippen molar-refractivity contribution in [2.24, 2.45) is 0 Å². The number of aromatic nitrogens is 2. The average Bonchev–Trinajstić information content (AvgIpc) is 2.28. The summed E-state index contributed by atoms with van der Waals surface area (Å²) in [6.07, 6.45) is 3.86. The standard InChI is InChI=1S/C12H19N3O3/c1-4-7-15(8-10(16)17)11-12(18-9(2)3)14-6-5-13-11/h5-6,9H,4,7-8H2,1-3H3,(H,16,17). The first-order chi connectivity index (χ1) is 8.54. The molecule has 0 saturated heterocycles. The molecule has 0 amide bonds. The summed E-state index contributed by atoms with van der Waals surface area (Å²) in [5.41, 5.74) is 0. The number of carbonyl (C=O) groups is 1. The lowest BCUT2D eigenvalue weighted by Gasteiger charge is -2.23. The summed E-state index contributed by atoms with van der Waals surface area (Å²) in [6, 6.07) is 0. The van der Waals surface area contributed by atoms with E-state index in [1.807, 2.05) is 20.8 Å². The van der Waals surface area contributed by atoms with Gasteiger partial charge in [-0.15, -0.1) is 0 Å². The van der Waals surface area contributed by atoms with Gasteiger partial charge in [-0.2, -0.15) is 0 Å². The van der Waals surface area contributed by atoms with Crippen LogP contribution in [0.1, 0.15) is 27.2 Å². The van der Waals surface area contributed by atoms with Crippen molar-refractivity contribution in [3.05, 3.63) is 12.4 Å². The number of rotatable bonds is 7. The van der Waals surface area contributed by atoms with E-state index >= 15 is 0 Å². The number of ether oxygens (including phenoxy) is 1. The quantitative estimate of drug-likeness (QED) is 0.794. The van der Waals surface area contributed by atoms with E-state index in [2.05, 4.69) is 9.97 Å². The van der Waals surface area contributed by atoms with Crippen LogP contribution in [0, 0.1) is 0 Å². The summed E-state index contributed by atoms with van der Waals surface area (Å²) in [7, 11) is 0. The molecule has 0 unspecified atom stereocenters. The molecule has 100 valence electrons. The SMILES string of the molecule is CCCN(CC(=O)O)c1nccnc1OC(C)C. The molecule has 1 aromatic rings. The van der Waals surface area contributed by atoms with E-state index in [1.54, 1.807) is 4.90 Å². The van der Waals surface area contributed by atoms with Gasteiger partial charge in [-0.1, -0.05) is 6.92 Å². The van der Waals surface area contributed by atoms with E-state index < -0.39 is 5.97 Å². The Morgan fingerprint density at radius 2 is 2.11 bits per heavy atom. The Hall–Kier alpha value is -1.85. The summed E-state index contributed by atoms with van der Waals surface area (Å²) in [6.45, 7) is 6.24. The summed E-state index contributed by atoms with van der Waals surface area (Å²) in [5.74, 6) is -0.0396. The third-order valence-corrected chi connectivity index (χ3v) is 2.11. The van der Waals surface area contributed by atoms with Crippen molar-refractivity contribution in [3.8, 4) is 5.88 Å². The smallest absolute Gasteiger partial charge is 0.323 e. The van der Waals surface area contributed by atoms with Crippen LogP contribution in [-0.2, 0) is 4.79 Å². The Balaban J connectivity index is 2.98. The van der Waals surface area contributed by atoms with Crippen molar-refractivity contribution in [1.82, 2.24) is 9.97 Å². The fourth-order valence-electron chi connectivity index (χ4n) is 1.53. The van der Waals surface area contributed by atoms with E-state index in [0.29, 0.717) is 18.2 Å². The number of hydrogen-bond acceptors (Lipinski definition) is 5. The average molecular weight is 253 g/mol. The zero-order chi connectivity index (χ0) is 13.5. The first-order valence-corrected chi connectivity index (χ1v) is 5.99. The minimum Gasteiger partial charge on any atom is -0.480 e. The Labute approximate surface area is 107 Å². The first-order valence-electron chi connectivity index (χ1n) is 5.99. The molecule has 0 aliphatic rings. The number of carboxylic acid groups (broad SMARTS) is 1. The molecular formula is C12H19N3O3. The molecule has 0 aliphatic heterocycles. The molecule has 0 radical (unpaired) electrons. The van der Waals surface area contributed by atoms with Crippen molar-refractivity contribution in [2.45, 2.75) is 33.3 Å². The summed E-state index contributed by atoms with van der Waals surface area (Å²) in [5, 5.41) is 8.91. The first kappa shape index (κ1) is 14.2. The minimum absolute atomic E-state index is 0.0336. The molecule has 6 heteroatoms. The lowest BCUT2D eigenvalue weighted by atomic mass is 10.4. The van der Waals surface area contributed by atoms with Crippen LogP contribution in [0.4, 0.5) is 5.82 Å². The van der Waals surface area contributed by atoms with Crippen molar-refractivity contribution < 1.29 is 14.6 Å². The third kappa shape index (κ3) is 4.20. The van der Waals surface area contributed by atoms with Crippen LogP contribution in [0.2, 0.25) is 0 Å². The Morgan fingerprint density at radius 3 is 2.67 bits per heavy atom. The van der Waals surface area contributed by atoms with Crippen molar-refractivity contribution in [2.75, 3.05) is 18.0 Å². The highest BCUT2D eigenvalue weighted by atomic mass is 16.5. The maximum absolute atomic E-state index is 10.9. The van der Waals surface area contributed by atoms with Crippen LogP contribution in [0.15, 0.2) is 12.4 Å². The lowest BCUT2D eigenvalue weighted by Crippen LogP contribution is -2.32. The topological polar surface area (TPSA) is 75.6 Å². The molecule has 1 N–H and O–H groups in total. The van der Waals surface area contributed by atoms with Crippen LogP contribution in [0.5, 0.6) is 5.88 Å². The molecule has 0 spiro atoms. The second-order valence-corrected chi connectivity index (χ2v) is 4.17. The number of nitrogens with zero attached hydrogens (tertiary/aromatic N) is 3. The molecule has 0 aliphatic carbocycles. The van der Waals surface area contributed by atoms with Gasteiger partial charge >= 0.3 is 5.97 Å². The van der Waals surface area contributed by atoms with Crippen LogP contribution >= 0.6 is 0 Å². The van der Waals surface area contributed by atoms with E-state index in [1.165, 1.54) is 12.4 Å². The van der Waals surface area contributed by atoms with Gasteiger partial charge in [-0.3, -0.25) is 4.79 Å². The number of aliphatic carboxylic acids is 1. The second kappa shape index (κ2) is 6.78. The summed E-state index contributed by atoms with van der Waals surface area (Å²) < 4.78 is 5.55. The van der Waals surface area contributed by atoms with Crippen molar-refractivity contribution in [3.63, 3.8) is 0 Å². The van der Waals surface area contributed by atoms with Gasteiger partial charge in [0.25, 0.3) is 5.88 Å². The zero-order valence-corrected chi connectivity index (χ0v) is 11.0. The maximum Gasteiger partial charge on any atom is 0.323 e. The second-order valence-electron chi connectivity index (χ2n) is 4.17. The van der Waals surface area contributed by atoms with Gasteiger partial charge in [-0.05, 0) is 20.3 Å². The zero-order valence-electron chi connectivity index (χ0n) is 11.0. The van der Waals surface area contributed by atoms with Crippen LogP contribution < -0.4 is 9.64 Å². The third-order valence-electron chi connectivity index (χ3n) is 2.11. The lowest BCUT2D eigenvalue weighted by molar-refractivity contribution is -0.135. The van der Waals surface area contributed by atoms with Gasteiger partial charge in [0.1, 0.15) is 6.54 Å². The predicted molar refractivity (Wildman–Crippen MR) is 67.9 cm³/mol. The highest BCUT2D eigenvalue weighted by Crippen LogP contribution is 2.23. The molecule has 18 heavy (non-hydrogen) atoms. The van der Waals surface area contributed by atoms with Gasteiger partial charge in [0.2, 0.25) is 0 Å². The molecule has 6 nitrogen and oxygen atoms in total. The fourth-order valence-corrected chi connectivity index (χ4v) is 1.53. The van der Waals surface area contributed by atoms with Crippen molar-refractivity contribution >= 4 is 11.8 Å². The molecule has 0 aromatic carbocycles. The highest BCUT2D eigenvalue weighted by molar-refractivity contribution is 5.73. The molecule has 1 rings (SSSR count). The molecule has 0 atom stereocenters. The van der Waals surface area contributed by atoms with E-state index in [-0.39, 0.29) is 12.6 Å². The molecule has 1 aromatic heterocycles. The van der Waals surface area contributed by atoms with Crippen molar-refractivity contribution in [1.29, 1.82) is 0 Å². The molecule has 0 saturated carbocycles. The molecule has 0 fully saturated rings. The monoisotopic (exact) mass is 253 g/mol. The Morgan fingerprint density at radius 1 is 1.44 bits per heavy atom. The molecule has 0 bridgehead atoms. The van der Waals surface area contributed by atoms with Gasteiger partial charge in [-0.25, -0.2) is 9.97 Å². The minimum atomic E-state index is -0.899. The van der Waals surface area contributed by atoms with Gasteiger partial charge in [0.15, 0.2) is 5.82 Å². The number of hydrogen-bond donors (Lipinski definition) is 1. The normalized spacial score (nSPS) is 10.4. The van der Waals surface area contributed by atoms with Gasteiger partial charge < -0.3 is 14.7 Å². The van der Waals surface area contributed by atoms with Crippen LogP contribution in [-0.4, -0.2) is 40.2 Å². The Bertz CT molecular complexity index is 396. The molecular weight excluding hydrogens is 234 g/mol. The maximum atomic E-state index is 10.9. The van der Waals surface area contributed by atoms with Crippen LogP contribution in [0.3, 0.4) is 0 Å². The summed E-state index contributed by atoms with van der Waals surface area (Å²) >= 11 is 0. The summed E-state index contributed by atoms with van der Waals surface area (Å²) in [4.78, 5) is 20.8. The molecule has 1 heterocycles. The number of carboxylic acids is 1. The van der Waals surface area contributed by atoms with E-state index in [9.17, 15) is 4.79 Å². The highest BCUT2D eigenvalue weighted by Gasteiger charge is 2.17. The van der Waals surface area contributed by atoms with E-state index in [0.717, 1.165) is 6.42 Å². The Kier molecular flexibility index (Phi) is 5.35. The predicted octanol–water partition coefficient (Wildman–Crippen LogP) is 1.56. The van der Waals surface area contributed by atoms with Gasteiger partial charge in [0.05, 0.1) is 6.10 Å².